The lowest BCUT2D eigenvalue weighted by Gasteiger charge is -2.33. The normalized spacial score (nSPS) is 25.1. The summed E-state index contributed by atoms with van der Waals surface area (Å²) in [6.45, 7) is 4.71. The third kappa shape index (κ3) is 2.69. The first-order valence-electron chi connectivity index (χ1n) is 6.47. The molecule has 0 aliphatic heterocycles. The lowest BCUT2D eigenvalue weighted by atomic mass is 9.76. The molecule has 0 aromatic carbocycles. The Hall–Kier alpha value is -0.870. The highest BCUT2D eigenvalue weighted by molar-refractivity contribution is 5.04. The summed E-state index contributed by atoms with van der Waals surface area (Å²) in [5, 5.41) is 4.44. The molecule has 0 radical (unpaired) electrons. The summed E-state index contributed by atoms with van der Waals surface area (Å²) >= 11 is 0. The number of rotatable bonds is 4. The molecule has 2 atom stereocenters. The molecule has 1 aliphatic carbocycles. The minimum Gasteiger partial charge on any atom is -0.276 e. The van der Waals surface area contributed by atoms with Gasteiger partial charge in [0, 0.05) is 25.7 Å². The van der Waals surface area contributed by atoms with E-state index in [4.69, 9.17) is 5.84 Å². The number of aromatic nitrogens is 2. The van der Waals surface area contributed by atoms with Crippen LogP contribution in [0.25, 0.3) is 0 Å². The summed E-state index contributed by atoms with van der Waals surface area (Å²) in [4.78, 5) is 0. The molecule has 1 aliphatic rings. The van der Waals surface area contributed by atoms with Crippen LogP contribution in [0.3, 0.4) is 0 Å². The van der Waals surface area contributed by atoms with Crippen molar-refractivity contribution in [3.05, 3.63) is 18.0 Å². The molecule has 2 unspecified atom stereocenters. The van der Waals surface area contributed by atoms with Crippen molar-refractivity contribution in [1.29, 1.82) is 0 Å². The molecule has 1 fully saturated rings. The number of aryl methyl sites for hydroxylation is 1. The number of nitrogens with two attached hydrogens (primary N) is 1. The van der Waals surface area contributed by atoms with E-state index in [1.807, 2.05) is 17.9 Å². The second-order valence-electron chi connectivity index (χ2n) is 5.95. The van der Waals surface area contributed by atoms with Gasteiger partial charge >= 0.3 is 0 Å². The first kappa shape index (κ1) is 12.6. The molecular formula is C13H24N4. The van der Waals surface area contributed by atoms with Crippen molar-refractivity contribution < 1.29 is 0 Å². The molecule has 1 aromatic heterocycles. The summed E-state index contributed by atoms with van der Waals surface area (Å²) < 4.78 is 1.85. The van der Waals surface area contributed by atoms with E-state index in [1.54, 1.807) is 0 Å². The second kappa shape index (κ2) is 4.78. The standard InChI is InChI=1S/C13H24N4/c1-13(2)7-4-5-11(13)12(15-14)9-10-6-8-17(3)16-10/h6,8,11-12,15H,4-5,7,9,14H2,1-3H3. The number of hydrazine groups is 1. The molecule has 17 heavy (non-hydrogen) atoms. The highest BCUT2D eigenvalue weighted by Gasteiger charge is 2.39. The zero-order chi connectivity index (χ0) is 12.5. The van der Waals surface area contributed by atoms with Gasteiger partial charge in [0.15, 0.2) is 0 Å². The molecule has 2 rings (SSSR count). The third-order valence-electron chi connectivity index (χ3n) is 4.24. The van der Waals surface area contributed by atoms with Crippen LogP contribution < -0.4 is 11.3 Å². The van der Waals surface area contributed by atoms with Gasteiger partial charge in [-0.1, -0.05) is 20.3 Å². The molecule has 1 saturated carbocycles. The van der Waals surface area contributed by atoms with Crippen LogP contribution in [-0.4, -0.2) is 15.8 Å². The van der Waals surface area contributed by atoms with Crippen LogP contribution in [0.15, 0.2) is 12.3 Å². The highest BCUT2D eigenvalue weighted by atomic mass is 15.3. The monoisotopic (exact) mass is 236 g/mol. The van der Waals surface area contributed by atoms with Gasteiger partial charge in [-0.15, -0.1) is 0 Å². The van der Waals surface area contributed by atoms with Gasteiger partial charge in [-0.2, -0.15) is 5.10 Å². The van der Waals surface area contributed by atoms with E-state index in [0.717, 1.165) is 12.1 Å². The quantitative estimate of drug-likeness (QED) is 0.617. The van der Waals surface area contributed by atoms with Gasteiger partial charge in [0.2, 0.25) is 0 Å². The first-order valence-corrected chi connectivity index (χ1v) is 6.47. The fourth-order valence-electron chi connectivity index (χ4n) is 3.21. The topological polar surface area (TPSA) is 55.9 Å². The van der Waals surface area contributed by atoms with Crippen molar-refractivity contribution in [2.75, 3.05) is 0 Å². The SMILES string of the molecule is Cn1ccc(CC(NN)C2CCCC2(C)C)n1. The predicted molar refractivity (Wildman–Crippen MR) is 69.1 cm³/mol. The van der Waals surface area contributed by atoms with E-state index in [-0.39, 0.29) is 0 Å². The predicted octanol–water partition coefficient (Wildman–Crippen LogP) is 1.62. The van der Waals surface area contributed by atoms with Crippen molar-refractivity contribution in [3.8, 4) is 0 Å². The zero-order valence-corrected chi connectivity index (χ0v) is 11.1. The molecule has 1 heterocycles. The summed E-state index contributed by atoms with van der Waals surface area (Å²) in [6, 6.07) is 2.41. The van der Waals surface area contributed by atoms with Crippen LogP contribution in [0.4, 0.5) is 0 Å². The van der Waals surface area contributed by atoms with Crippen molar-refractivity contribution in [2.45, 2.75) is 45.6 Å². The molecule has 96 valence electrons. The number of nitrogens with one attached hydrogen (secondary N) is 1. The zero-order valence-electron chi connectivity index (χ0n) is 11.1. The lowest BCUT2D eigenvalue weighted by Crippen LogP contribution is -2.45. The van der Waals surface area contributed by atoms with Crippen LogP contribution in [0.5, 0.6) is 0 Å². The van der Waals surface area contributed by atoms with E-state index in [1.165, 1.54) is 19.3 Å². The number of hydrogen-bond donors (Lipinski definition) is 2. The van der Waals surface area contributed by atoms with Crippen molar-refractivity contribution >= 4 is 0 Å². The van der Waals surface area contributed by atoms with E-state index in [2.05, 4.69) is 30.4 Å². The first-order chi connectivity index (χ1) is 8.03. The number of nitrogens with zero attached hydrogens (tertiary/aromatic N) is 2. The molecule has 0 bridgehead atoms. The molecule has 1 aromatic rings. The van der Waals surface area contributed by atoms with Crippen LogP contribution in [-0.2, 0) is 13.5 Å². The van der Waals surface area contributed by atoms with E-state index in [9.17, 15) is 0 Å². The Morgan fingerprint density at radius 2 is 2.41 bits per heavy atom. The molecule has 0 spiro atoms. The minimum atomic E-state index is 0.336. The summed E-state index contributed by atoms with van der Waals surface area (Å²) in [5.41, 5.74) is 4.53. The average molecular weight is 236 g/mol. The second-order valence-corrected chi connectivity index (χ2v) is 5.95. The van der Waals surface area contributed by atoms with Crippen molar-refractivity contribution in [2.24, 2.45) is 24.2 Å². The summed E-state index contributed by atoms with van der Waals surface area (Å²) in [5.74, 6) is 6.39. The van der Waals surface area contributed by atoms with Crippen LogP contribution in [0, 0.1) is 11.3 Å². The van der Waals surface area contributed by atoms with Crippen LogP contribution in [0.1, 0.15) is 38.8 Å². The average Bonchev–Trinajstić information content (AvgIpc) is 2.81. The Bertz CT molecular complexity index is 369. The molecule has 3 N–H and O–H groups in total. The van der Waals surface area contributed by atoms with Gasteiger partial charge in [-0.3, -0.25) is 16.0 Å². The summed E-state index contributed by atoms with van der Waals surface area (Å²) in [6.07, 6.45) is 6.80. The van der Waals surface area contributed by atoms with Crippen molar-refractivity contribution in [3.63, 3.8) is 0 Å². The maximum absolute atomic E-state index is 5.74. The van der Waals surface area contributed by atoms with Gasteiger partial charge < -0.3 is 0 Å². The van der Waals surface area contributed by atoms with E-state index >= 15 is 0 Å². The highest BCUT2D eigenvalue weighted by Crippen LogP contribution is 2.44. The smallest absolute Gasteiger partial charge is 0.0640 e. The van der Waals surface area contributed by atoms with Crippen LogP contribution in [0.2, 0.25) is 0 Å². The Morgan fingerprint density at radius 1 is 1.65 bits per heavy atom. The molecule has 0 saturated heterocycles. The van der Waals surface area contributed by atoms with E-state index in [0.29, 0.717) is 17.4 Å². The minimum absolute atomic E-state index is 0.336. The molecule has 4 nitrogen and oxygen atoms in total. The van der Waals surface area contributed by atoms with Gasteiger partial charge in [-0.25, -0.2) is 0 Å². The third-order valence-corrected chi connectivity index (χ3v) is 4.24. The van der Waals surface area contributed by atoms with Gasteiger partial charge in [0.1, 0.15) is 0 Å². The Kier molecular flexibility index (Phi) is 3.54. The Morgan fingerprint density at radius 3 is 2.88 bits per heavy atom. The molecule has 4 heteroatoms. The van der Waals surface area contributed by atoms with Gasteiger partial charge in [-0.05, 0) is 30.2 Å². The fraction of sp³-hybridized carbons (Fsp3) is 0.769. The summed E-state index contributed by atoms with van der Waals surface area (Å²) in [7, 11) is 1.95. The molecule has 0 amide bonds. The van der Waals surface area contributed by atoms with Gasteiger partial charge in [0.25, 0.3) is 0 Å². The number of hydrogen-bond acceptors (Lipinski definition) is 3. The lowest BCUT2D eigenvalue weighted by molar-refractivity contribution is 0.195. The maximum Gasteiger partial charge on any atom is 0.0640 e. The fourth-order valence-corrected chi connectivity index (χ4v) is 3.21. The Labute approximate surface area is 104 Å². The Balaban J connectivity index is 2.06. The van der Waals surface area contributed by atoms with Crippen molar-refractivity contribution in [1.82, 2.24) is 15.2 Å². The van der Waals surface area contributed by atoms with Gasteiger partial charge in [0.05, 0.1) is 5.69 Å². The van der Waals surface area contributed by atoms with Crippen LogP contribution >= 0.6 is 0 Å². The maximum atomic E-state index is 5.74. The largest absolute Gasteiger partial charge is 0.276 e. The molecular weight excluding hydrogens is 212 g/mol. The van der Waals surface area contributed by atoms with E-state index < -0.39 is 0 Å².